The Morgan fingerprint density at radius 3 is 2.56 bits per heavy atom. The summed E-state index contributed by atoms with van der Waals surface area (Å²) in [5.74, 6) is -6.09. The van der Waals surface area contributed by atoms with E-state index in [1.807, 2.05) is 24.3 Å². The molecule has 200 valence electrons. The zero-order chi connectivity index (χ0) is 27.6. The van der Waals surface area contributed by atoms with Crippen LogP contribution in [0.2, 0.25) is 0 Å². The van der Waals surface area contributed by atoms with Crippen LogP contribution in [0.5, 0.6) is 5.75 Å². The van der Waals surface area contributed by atoms with E-state index in [9.17, 15) is 22.8 Å². The molecule has 1 aromatic heterocycles. The van der Waals surface area contributed by atoms with Gasteiger partial charge in [0, 0.05) is 29.5 Å². The summed E-state index contributed by atoms with van der Waals surface area (Å²) in [5.41, 5.74) is 3.32. The van der Waals surface area contributed by atoms with Gasteiger partial charge in [-0.3, -0.25) is 4.79 Å². The number of carboxylic acid groups (broad SMARTS) is 1. The Morgan fingerprint density at radius 1 is 1.03 bits per heavy atom. The van der Waals surface area contributed by atoms with Gasteiger partial charge in [0.15, 0.2) is 0 Å². The monoisotopic (exact) mass is 535 g/mol. The van der Waals surface area contributed by atoms with Crippen molar-refractivity contribution < 1.29 is 32.6 Å². The summed E-state index contributed by atoms with van der Waals surface area (Å²) in [7, 11) is 0. The molecule has 3 aromatic carbocycles. The fourth-order valence-corrected chi connectivity index (χ4v) is 4.56. The van der Waals surface area contributed by atoms with Gasteiger partial charge in [0.1, 0.15) is 11.6 Å². The summed E-state index contributed by atoms with van der Waals surface area (Å²) in [6.07, 6.45) is -0.424. The highest BCUT2D eigenvalue weighted by atomic mass is 19.3. The van der Waals surface area contributed by atoms with Crippen LogP contribution >= 0.6 is 0 Å². The van der Waals surface area contributed by atoms with Gasteiger partial charge in [0.2, 0.25) is 0 Å². The Kier molecular flexibility index (Phi) is 7.19. The van der Waals surface area contributed by atoms with Crippen molar-refractivity contribution in [2.75, 3.05) is 6.61 Å². The molecule has 2 N–H and O–H groups in total. The van der Waals surface area contributed by atoms with E-state index in [2.05, 4.69) is 15.3 Å². The largest absolute Gasteiger partial charge is 0.493 e. The van der Waals surface area contributed by atoms with Crippen molar-refractivity contribution in [1.82, 2.24) is 15.3 Å². The third-order valence-corrected chi connectivity index (χ3v) is 6.60. The topological polar surface area (TPSA) is 101 Å². The van der Waals surface area contributed by atoms with Gasteiger partial charge in [-0.25, -0.2) is 19.2 Å². The molecule has 2 heterocycles. The number of nitrogens with zero attached hydrogens (tertiary/aromatic N) is 2. The first-order chi connectivity index (χ1) is 18.7. The number of hydrogen-bond acceptors (Lipinski definition) is 5. The summed E-state index contributed by atoms with van der Waals surface area (Å²) < 4.78 is 46.5. The van der Waals surface area contributed by atoms with Crippen LogP contribution in [-0.2, 0) is 11.2 Å². The number of amides is 1. The van der Waals surface area contributed by atoms with Crippen molar-refractivity contribution in [2.24, 2.45) is 0 Å². The van der Waals surface area contributed by atoms with Crippen LogP contribution < -0.4 is 10.1 Å². The molecule has 10 heteroatoms. The van der Waals surface area contributed by atoms with Gasteiger partial charge < -0.3 is 15.2 Å². The number of halogens is 3. The molecule has 0 unspecified atom stereocenters. The number of ether oxygens (including phenoxy) is 1. The minimum Gasteiger partial charge on any atom is -0.493 e. The van der Waals surface area contributed by atoms with E-state index in [1.165, 1.54) is 24.3 Å². The van der Waals surface area contributed by atoms with Crippen LogP contribution in [0.4, 0.5) is 13.2 Å². The van der Waals surface area contributed by atoms with Crippen molar-refractivity contribution in [3.63, 3.8) is 0 Å². The minimum absolute atomic E-state index is 0.00774. The van der Waals surface area contributed by atoms with E-state index in [1.54, 1.807) is 18.2 Å². The van der Waals surface area contributed by atoms with Crippen LogP contribution in [0.25, 0.3) is 22.3 Å². The standard InChI is InChI=1S/C29H24F3N3O4/c30-19-10-7-17(8-11-19)26-23(5-3-14-29(31,32)28(37)38)33-24-16-18(9-12-22(24)34-26)27(36)35-21-13-15-39-25-6-2-1-4-20(21)25/h1-2,4,6-12,16,21H,3,5,13-15H2,(H,35,36)(H,37,38)/t21-/m1/s1. The number of carbonyl (C=O) groups excluding carboxylic acids is 1. The number of nitrogens with one attached hydrogen (secondary N) is 1. The fraction of sp³-hybridized carbons (Fsp3) is 0.241. The number of carbonyl (C=O) groups is 2. The molecular weight excluding hydrogens is 511 g/mol. The zero-order valence-electron chi connectivity index (χ0n) is 20.7. The molecule has 0 fully saturated rings. The van der Waals surface area contributed by atoms with E-state index in [0.717, 1.165) is 11.3 Å². The minimum atomic E-state index is -3.87. The number of alkyl halides is 2. The Morgan fingerprint density at radius 2 is 1.79 bits per heavy atom. The number of para-hydroxylation sites is 1. The average molecular weight is 536 g/mol. The van der Waals surface area contributed by atoms with Crippen molar-refractivity contribution >= 4 is 22.9 Å². The van der Waals surface area contributed by atoms with Gasteiger partial charge >= 0.3 is 11.9 Å². The summed E-state index contributed by atoms with van der Waals surface area (Å²) in [5, 5.41) is 11.8. The summed E-state index contributed by atoms with van der Waals surface area (Å²) in [4.78, 5) is 33.2. The number of aromatic nitrogens is 2. The lowest BCUT2D eigenvalue weighted by Crippen LogP contribution is -2.32. The highest BCUT2D eigenvalue weighted by Gasteiger charge is 2.37. The predicted molar refractivity (Wildman–Crippen MR) is 137 cm³/mol. The molecule has 1 atom stereocenters. The number of carboxylic acids is 1. The second-order valence-corrected chi connectivity index (χ2v) is 9.29. The van der Waals surface area contributed by atoms with E-state index >= 15 is 0 Å². The maximum atomic E-state index is 13.7. The van der Waals surface area contributed by atoms with Crippen LogP contribution in [0, 0.1) is 5.82 Å². The third-order valence-electron chi connectivity index (χ3n) is 6.60. The SMILES string of the molecule is O=C(N[C@@H]1CCOc2ccccc21)c1ccc2nc(-c3ccc(F)cc3)c(CCCC(F)(F)C(=O)O)nc2c1. The number of benzene rings is 3. The highest BCUT2D eigenvalue weighted by Crippen LogP contribution is 2.32. The Balaban J connectivity index is 1.44. The molecule has 0 radical (unpaired) electrons. The lowest BCUT2D eigenvalue weighted by atomic mass is 10.00. The lowest BCUT2D eigenvalue weighted by molar-refractivity contribution is -0.165. The second kappa shape index (κ2) is 10.7. The normalized spacial score (nSPS) is 14.9. The Bertz CT molecular complexity index is 1540. The molecule has 0 aliphatic carbocycles. The predicted octanol–water partition coefficient (Wildman–Crippen LogP) is 5.73. The van der Waals surface area contributed by atoms with E-state index in [0.29, 0.717) is 46.6 Å². The second-order valence-electron chi connectivity index (χ2n) is 9.29. The smallest absolute Gasteiger partial charge is 0.374 e. The van der Waals surface area contributed by atoms with Crippen LogP contribution in [0.15, 0.2) is 66.7 Å². The Labute approximate surface area is 221 Å². The molecule has 4 aromatic rings. The van der Waals surface area contributed by atoms with Gasteiger partial charge in [-0.2, -0.15) is 8.78 Å². The molecule has 5 rings (SSSR count). The van der Waals surface area contributed by atoms with Crippen molar-refractivity contribution in [3.05, 3.63) is 89.4 Å². The van der Waals surface area contributed by atoms with E-state index in [-0.39, 0.29) is 24.8 Å². The number of rotatable bonds is 8. The zero-order valence-corrected chi connectivity index (χ0v) is 20.7. The molecule has 0 spiro atoms. The Hall–Kier alpha value is -4.47. The molecule has 7 nitrogen and oxygen atoms in total. The molecule has 39 heavy (non-hydrogen) atoms. The van der Waals surface area contributed by atoms with Crippen LogP contribution in [0.3, 0.4) is 0 Å². The molecule has 1 amide bonds. The van der Waals surface area contributed by atoms with Crippen molar-refractivity contribution in [1.29, 1.82) is 0 Å². The molecule has 0 saturated heterocycles. The third kappa shape index (κ3) is 5.69. The number of fused-ring (bicyclic) bond motifs is 2. The van der Waals surface area contributed by atoms with Crippen LogP contribution in [-0.4, -0.2) is 39.5 Å². The maximum absolute atomic E-state index is 13.7. The van der Waals surface area contributed by atoms with E-state index < -0.39 is 24.1 Å². The summed E-state index contributed by atoms with van der Waals surface area (Å²) >= 11 is 0. The van der Waals surface area contributed by atoms with Crippen molar-refractivity contribution in [2.45, 2.75) is 37.6 Å². The summed E-state index contributed by atoms with van der Waals surface area (Å²) in [6, 6.07) is 17.6. The molecule has 1 aliphatic heterocycles. The average Bonchev–Trinajstić information content (AvgIpc) is 2.93. The molecule has 1 aliphatic rings. The first kappa shape index (κ1) is 26.1. The van der Waals surface area contributed by atoms with Gasteiger partial charge in [0.05, 0.1) is 35.1 Å². The molecule has 0 bridgehead atoms. The van der Waals surface area contributed by atoms with Crippen LogP contribution in [0.1, 0.15) is 46.9 Å². The quantitative estimate of drug-likeness (QED) is 0.299. The van der Waals surface area contributed by atoms with Gasteiger partial charge in [-0.15, -0.1) is 0 Å². The first-order valence-corrected chi connectivity index (χ1v) is 12.4. The summed E-state index contributed by atoms with van der Waals surface area (Å²) in [6.45, 7) is 0.474. The molecule has 0 saturated carbocycles. The number of aliphatic carboxylic acids is 1. The maximum Gasteiger partial charge on any atom is 0.374 e. The van der Waals surface area contributed by atoms with Gasteiger partial charge in [-0.05, 0) is 61.4 Å². The van der Waals surface area contributed by atoms with Gasteiger partial charge in [0.25, 0.3) is 5.91 Å². The lowest BCUT2D eigenvalue weighted by Gasteiger charge is -2.26. The van der Waals surface area contributed by atoms with E-state index in [4.69, 9.17) is 9.84 Å². The number of hydrogen-bond donors (Lipinski definition) is 2. The fourth-order valence-electron chi connectivity index (χ4n) is 4.56. The highest BCUT2D eigenvalue weighted by molar-refractivity contribution is 5.97. The number of aryl methyl sites for hydroxylation is 1. The first-order valence-electron chi connectivity index (χ1n) is 12.4. The van der Waals surface area contributed by atoms with Gasteiger partial charge in [-0.1, -0.05) is 18.2 Å². The molecular formula is C29H24F3N3O4. The van der Waals surface area contributed by atoms with Crippen molar-refractivity contribution in [3.8, 4) is 17.0 Å².